The number of likely N-dealkylation sites (tertiary alicyclic amines) is 1. The molecular weight excluding hydrogens is 314 g/mol. The molecule has 0 saturated carbocycles. The average Bonchev–Trinajstić information content (AvgIpc) is 2.59. The third-order valence-electron chi connectivity index (χ3n) is 4.19. The van der Waals surface area contributed by atoms with Crippen molar-refractivity contribution in [3.05, 3.63) is 58.9 Å². The van der Waals surface area contributed by atoms with Gasteiger partial charge in [-0.25, -0.2) is 0 Å². The number of piperidine rings is 1. The first-order chi connectivity index (χ1) is 11.1. The first kappa shape index (κ1) is 15.9. The van der Waals surface area contributed by atoms with Crippen molar-refractivity contribution in [2.75, 3.05) is 6.54 Å². The molecule has 1 aliphatic heterocycles. The maximum atomic E-state index is 12.7. The number of carbonyl (C=O) groups is 1. The molecule has 1 aromatic heterocycles. The molecule has 2 aromatic rings. The van der Waals surface area contributed by atoms with E-state index < -0.39 is 6.10 Å². The fourth-order valence-corrected chi connectivity index (χ4v) is 3.11. The topological polar surface area (TPSA) is 66.3 Å². The summed E-state index contributed by atoms with van der Waals surface area (Å²) in [6.07, 6.45) is 4.53. The zero-order valence-electron chi connectivity index (χ0n) is 12.6. The minimum absolute atomic E-state index is 0.113. The third kappa shape index (κ3) is 3.68. The van der Waals surface area contributed by atoms with Crippen molar-refractivity contribution in [1.29, 1.82) is 0 Å². The van der Waals surface area contributed by atoms with Gasteiger partial charge in [-0.3, -0.25) is 4.79 Å². The Morgan fingerprint density at radius 3 is 2.74 bits per heavy atom. The van der Waals surface area contributed by atoms with E-state index in [0.29, 0.717) is 30.0 Å². The van der Waals surface area contributed by atoms with E-state index in [2.05, 4.69) is 10.2 Å². The summed E-state index contributed by atoms with van der Waals surface area (Å²) in [6, 6.07) is 8.91. The van der Waals surface area contributed by atoms with Gasteiger partial charge >= 0.3 is 0 Å². The van der Waals surface area contributed by atoms with E-state index in [9.17, 15) is 9.90 Å². The summed E-state index contributed by atoms with van der Waals surface area (Å²) < 4.78 is 0. The Labute approximate surface area is 139 Å². The molecule has 2 atom stereocenters. The molecule has 0 bridgehead atoms. The number of halogens is 1. The second kappa shape index (κ2) is 7.06. The zero-order valence-corrected chi connectivity index (χ0v) is 13.4. The van der Waals surface area contributed by atoms with Crippen molar-refractivity contribution < 1.29 is 9.90 Å². The van der Waals surface area contributed by atoms with Crippen LogP contribution in [0.5, 0.6) is 0 Å². The number of hydrogen-bond acceptors (Lipinski definition) is 4. The lowest BCUT2D eigenvalue weighted by Crippen LogP contribution is -2.52. The maximum Gasteiger partial charge on any atom is 0.255 e. The zero-order chi connectivity index (χ0) is 16.2. The van der Waals surface area contributed by atoms with E-state index in [1.165, 1.54) is 12.4 Å². The molecule has 120 valence electrons. The molecule has 1 aromatic carbocycles. The van der Waals surface area contributed by atoms with Gasteiger partial charge in [0.15, 0.2) is 0 Å². The van der Waals surface area contributed by atoms with E-state index in [-0.39, 0.29) is 11.9 Å². The number of rotatable bonds is 3. The van der Waals surface area contributed by atoms with Gasteiger partial charge in [-0.15, -0.1) is 0 Å². The minimum atomic E-state index is -0.529. The van der Waals surface area contributed by atoms with Crippen LogP contribution in [0, 0.1) is 0 Å². The van der Waals surface area contributed by atoms with Gasteiger partial charge in [-0.1, -0.05) is 23.7 Å². The summed E-state index contributed by atoms with van der Waals surface area (Å²) in [5.74, 6) is -0.113. The van der Waals surface area contributed by atoms with Crippen LogP contribution >= 0.6 is 11.6 Å². The highest BCUT2D eigenvalue weighted by molar-refractivity contribution is 6.30. The van der Waals surface area contributed by atoms with E-state index in [1.54, 1.807) is 11.0 Å². The van der Waals surface area contributed by atoms with Crippen molar-refractivity contribution in [3.63, 3.8) is 0 Å². The monoisotopic (exact) mass is 331 g/mol. The molecule has 1 saturated heterocycles. The Morgan fingerprint density at radius 2 is 2.04 bits per heavy atom. The molecule has 0 radical (unpaired) electrons. The van der Waals surface area contributed by atoms with Crippen LogP contribution in [-0.4, -0.2) is 44.8 Å². The predicted octanol–water partition coefficient (Wildman–Crippen LogP) is 2.34. The van der Waals surface area contributed by atoms with E-state index in [1.807, 2.05) is 24.3 Å². The van der Waals surface area contributed by atoms with E-state index in [0.717, 1.165) is 12.0 Å². The largest absolute Gasteiger partial charge is 0.391 e. The van der Waals surface area contributed by atoms with Crippen molar-refractivity contribution in [2.45, 2.75) is 31.4 Å². The van der Waals surface area contributed by atoms with Gasteiger partial charge in [0.25, 0.3) is 5.91 Å². The van der Waals surface area contributed by atoms with Gasteiger partial charge in [-0.05, 0) is 43.0 Å². The van der Waals surface area contributed by atoms with Gasteiger partial charge < -0.3 is 10.0 Å². The lowest BCUT2D eigenvalue weighted by Gasteiger charge is -2.39. The first-order valence-corrected chi connectivity index (χ1v) is 8.03. The average molecular weight is 332 g/mol. The number of hydrogen-bond donors (Lipinski definition) is 1. The van der Waals surface area contributed by atoms with Crippen molar-refractivity contribution >= 4 is 17.5 Å². The molecule has 1 N–H and O–H groups in total. The summed E-state index contributed by atoms with van der Waals surface area (Å²) in [7, 11) is 0. The number of aromatic nitrogens is 2. The van der Waals surface area contributed by atoms with Crippen molar-refractivity contribution in [2.24, 2.45) is 0 Å². The molecule has 0 unspecified atom stereocenters. The smallest absolute Gasteiger partial charge is 0.255 e. The van der Waals surface area contributed by atoms with Crippen LogP contribution < -0.4 is 0 Å². The molecule has 6 heteroatoms. The number of benzene rings is 1. The quantitative estimate of drug-likeness (QED) is 0.937. The fourth-order valence-electron chi connectivity index (χ4n) is 2.98. The number of amides is 1. The summed E-state index contributed by atoms with van der Waals surface area (Å²) in [5, 5.41) is 18.5. The second-order valence-corrected chi connectivity index (χ2v) is 6.17. The van der Waals surface area contributed by atoms with Crippen molar-refractivity contribution in [3.8, 4) is 0 Å². The Balaban J connectivity index is 1.82. The van der Waals surface area contributed by atoms with E-state index in [4.69, 9.17) is 11.6 Å². The first-order valence-electron chi connectivity index (χ1n) is 7.65. The molecule has 1 amide bonds. The SMILES string of the molecule is O=C(c1ccnnc1)N1CCC[C@H](O)[C@@H]1Cc1ccc(Cl)cc1. The van der Waals surface area contributed by atoms with Gasteiger partial charge in [0.1, 0.15) is 0 Å². The van der Waals surface area contributed by atoms with Crippen LogP contribution in [0.2, 0.25) is 5.02 Å². The maximum absolute atomic E-state index is 12.7. The highest BCUT2D eigenvalue weighted by atomic mass is 35.5. The molecule has 23 heavy (non-hydrogen) atoms. The normalized spacial score (nSPS) is 21.2. The lowest BCUT2D eigenvalue weighted by atomic mass is 9.92. The van der Waals surface area contributed by atoms with E-state index >= 15 is 0 Å². The highest BCUT2D eigenvalue weighted by Gasteiger charge is 2.33. The van der Waals surface area contributed by atoms with Crippen LogP contribution in [0.4, 0.5) is 0 Å². The number of nitrogens with zero attached hydrogens (tertiary/aromatic N) is 3. The summed E-state index contributed by atoms with van der Waals surface area (Å²) in [6.45, 7) is 0.635. The Morgan fingerprint density at radius 1 is 1.26 bits per heavy atom. The molecular formula is C17H18ClN3O2. The highest BCUT2D eigenvalue weighted by Crippen LogP contribution is 2.24. The summed E-state index contributed by atoms with van der Waals surface area (Å²) >= 11 is 5.92. The number of aliphatic hydroxyl groups excluding tert-OH is 1. The number of aliphatic hydroxyl groups is 1. The Kier molecular flexibility index (Phi) is 4.88. The molecule has 0 aliphatic carbocycles. The van der Waals surface area contributed by atoms with Crippen LogP contribution in [0.3, 0.4) is 0 Å². The van der Waals surface area contributed by atoms with Crippen LogP contribution in [0.25, 0.3) is 0 Å². The second-order valence-electron chi connectivity index (χ2n) is 5.74. The predicted molar refractivity (Wildman–Crippen MR) is 87.3 cm³/mol. The Hall–Kier alpha value is -1.98. The molecule has 2 heterocycles. The Bertz CT molecular complexity index is 663. The van der Waals surface area contributed by atoms with Crippen LogP contribution in [0.1, 0.15) is 28.8 Å². The summed E-state index contributed by atoms with van der Waals surface area (Å²) in [4.78, 5) is 14.5. The van der Waals surface area contributed by atoms with Gasteiger partial charge in [0, 0.05) is 11.6 Å². The molecule has 0 spiro atoms. The van der Waals surface area contributed by atoms with Gasteiger partial charge in [0.05, 0.1) is 30.1 Å². The minimum Gasteiger partial charge on any atom is -0.391 e. The van der Waals surface area contributed by atoms with Gasteiger partial charge in [0.2, 0.25) is 0 Å². The van der Waals surface area contributed by atoms with Gasteiger partial charge in [-0.2, -0.15) is 10.2 Å². The van der Waals surface area contributed by atoms with Crippen LogP contribution in [-0.2, 0) is 6.42 Å². The molecule has 1 aliphatic rings. The van der Waals surface area contributed by atoms with Crippen molar-refractivity contribution in [1.82, 2.24) is 15.1 Å². The molecule has 3 rings (SSSR count). The molecule has 1 fully saturated rings. The summed E-state index contributed by atoms with van der Waals surface area (Å²) in [5.41, 5.74) is 1.54. The van der Waals surface area contributed by atoms with Crippen LogP contribution in [0.15, 0.2) is 42.7 Å². The number of carbonyl (C=O) groups excluding carboxylic acids is 1. The lowest BCUT2D eigenvalue weighted by molar-refractivity contribution is 0.0118. The fraction of sp³-hybridized carbons (Fsp3) is 0.353. The standard InChI is InChI=1S/C17H18ClN3O2/c18-14-5-3-12(4-6-14)10-15-16(22)2-1-9-21(15)17(23)13-7-8-19-20-11-13/h3-8,11,15-16,22H,1-2,9-10H2/t15-,16-/m0/s1. The third-order valence-corrected chi connectivity index (χ3v) is 4.45. The molecule has 5 nitrogen and oxygen atoms in total.